The van der Waals surface area contributed by atoms with Crippen molar-refractivity contribution in [3.63, 3.8) is 0 Å². The molecule has 1 saturated carbocycles. The van der Waals surface area contributed by atoms with Crippen molar-refractivity contribution in [2.24, 2.45) is 0 Å². The van der Waals surface area contributed by atoms with Gasteiger partial charge in [0, 0.05) is 22.7 Å². The molecule has 7 heteroatoms. The zero-order chi connectivity index (χ0) is 23.9. The third-order valence-corrected chi connectivity index (χ3v) is 7.71. The average Bonchev–Trinajstić information content (AvgIpc) is 3.68. The van der Waals surface area contributed by atoms with Crippen LogP contribution in [0.3, 0.4) is 0 Å². The predicted molar refractivity (Wildman–Crippen MR) is 145 cm³/mol. The monoisotopic (exact) mass is 491 g/mol. The van der Waals surface area contributed by atoms with Crippen LogP contribution in [0.15, 0.2) is 71.7 Å². The second-order valence-electron chi connectivity index (χ2n) is 9.41. The molecule has 1 aliphatic rings. The number of hydrogen-bond donors (Lipinski definition) is 2. The van der Waals surface area contributed by atoms with Crippen LogP contribution in [0.1, 0.15) is 32.1 Å². The number of thiophene rings is 1. The van der Waals surface area contributed by atoms with Crippen LogP contribution in [-0.2, 0) is 0 Å². The Morgan fingerprint density at radius 2 is 1.86 bits per heavy atom. The van der Waals surface area contributed by atoms with Crippen molar-refractivity contribution in [3.8, 4) is 39.5 Å². The Bertz CT molecular complexity index is 1660. The molecular weight excluding hydrogens is 466 g/mol. The van der Waals surface area contributed by atoms with E-state index in [0.29, 0.717) is 0 Å². The van der Waals surface area contributed by atoms with E-state index in [1.807, 2.05) is 24.4 Å². The summed E-state index contributed by atoms with van der Waals surface area (Å²) in [5.74, 6) is 0.810. The Hall–Kier alpha value is -3.97. The largest absolute Gasteiger partial charge is 0.489 e. The van der Waals surface area contributed by atoms with Crippen molar-refractivity contribution in [2.45, 2.75) is 38.2 Å². The van der Waals surface area contributed by atoms with Gasteiger partial charge in [0.15, 0.2) is 0 Å². The molecule has 0 spiro atoms. The van der Waals surface area contributed by atoms with Crippen LogP contribution in [0, 0.1) is 0 Å². The maximum atomic E-state index is 6.25. The number of aromatic amines is 2. The number of pyridine rings is 2. The standard InChI is InChI=1S/C29H25N5OS/c1-2-5-20(6-3-1)35-21-13-19(15-30-16-21)24-9-10-26-28(32-24)29(34-33-26)27-14-23-22(18-11-12-36-17-18)7-4-8-25(23)31-27/h4,7-17,20,31H,1-3,5-6H2,(H,33,34). The fraction of sp³-hybridized carbons (Fsp3) is 0.207. The van der Waals surface area contributed by atoms with E-state index < -0.39 is 0 Å². The number of rotatable bonds is 5. The van der Waals surface area contributed by atoms with Crippen LogP contribution >= 0.6 is 11.3 Å². The highest BCUT2D eigenvalue weighted by Crippen LogP contribution is 2.35. The van der Waals surface area contributed by atoms with Gasteiger partial charge in [-0.1, -0.05) is 18.6 Å². The first-order valence-corrected chi connectivity index (χ1v) is 13.4. The van der Waals surface area contributed by atoms with E-state index >= 15 is 0 Å². The van der Waals surface area contributed by atoms with Crippen LogP contribution in [0.4, 0.5) is 0 Å². The molecule has 178 valence electrons. The Labute approximate surface area is 212 Å². The molecular formula is C29H25N5OS. The summed E-state index contributed by atoms with van der Waals surface area (Å²) in [6, 6.07) is 16.8. The Morgan fingerprint density at radius 3 is 2.75 bits per heavy atom. The minimum absolute atomic E-state index is 0.285. The van der Waals surface area contributed by atoms with Crippen molar-refractivity contribution in [3.05, 3.63) is 71.7 Å². The SMILES string of the molecule is c1cc(-c2ccsc2)c2cc(-c3n[nH]c4ccc(-c5cncc(OC6CCCCC6)c5)nc34)[nH]c2c1. The van der Waals surface area contributed by atoms with Gasteiger partial charge in [0.05, 0.1) is 29.2 Å². The number of H-pyrrole nitrogens is 2. The van der Waals surface area contributed by atoms with Crippen molar-refractivity contribution < 1.29 is 4.74 Å². The number of benzene rings is 1. The molecule has 1 aromatic carbocycles. The molecule has 1 fully saturated rings. The van der Waals surface area contributed by atoms with Crippen molar-refractivity contribution in [2.75, 3.05) is 0 Å². The van der Waals surface area contributed by atoms with E-state index in [0.717, 1.165) is 57.8 Å². The van der Waals surface area contributed by atoms with E-state index in [9.17, 15) is 0 Å². The summed E-state index contributed by atoms with van der Waals surface area (Å²) in [6.07, 6.45) is 9.95. The lowest BCUT2D eigenvalue weighted by molar-refractivity contribution is 0.154. The number of aromatic nitrogens is 5. The van der Waals surface area contributed by atoms with Crippen LogP contribution in [0.25, 0.3) is 55.7 Å². The van der Waals surface area contributed by atoms with Crippen LogP contribution in [-0.4, -0.2) is 31.3 Å². The smallest absolute Gasteiger partial charge is 0.138 e. The molecule has 6 aromatic rings. The summed E-state index contributed by atoms with van der Waals surface area (Å²) in [6.45, 7) is 0. The highest BCUT2D eigenvalue weighted by atomic mass is 32.1. The van der Waals surface area contributed by atoms with Gasteiger partial charge < -0.3 is 9.72 Å². The molecule has 5 aromatic heterocycles. The lowest BCUT2D eigenvalue weighted by Gasteiger charge is -2.22. The first-order valence-electron chi connectivity index (χ1n) is 12.4. The quantitative estimate of drug-likeness (QED) is 0.260. The summed E-state index contributed by atoms with van der Waals surface area (Å²) in [4.78, 5) is 13.0. The summed E-state index contributed by atoms with van der Waals surface area (Å²) >= 11 is 1.71. The van der Waals surface area contributed by atoms with Gasteiger partial charge in [0.2, 0.25) is 0 Å². The van der Waals surface area contributed by atoms with Crippen molar-refractivity contribution in [1.82, 2.24) is 25.1 Å². The zero-order valence-electron chi connectivity index (χ0n) is 19.7. The Morgan fingerprint density at radius 1 is 0.917 bits per heavy atom. The van der Waals surface area contributed by atoms with Crippen molar-refractivity contribution in [1.29, 1.82) is 0 Å². The lowest BCUT2D eigenvalue weighted by atomic mass is 9.98. The minimum Gasteiger partial charge on any atom is -0.489 e. The molecule has 0 atom stereocenters. The van der Waals surface area contributed by atoms with Crippen LogP contribution < -0.4 is 4.74 Å². The van der Waals surface area contributed by atoms with E-state index in [1.54, 1.807) is 17.5 Å². The molecule has 6 nitrogen and oxygen atoms in total. The van der Waals surface area contributed by atoms with E-state index in [4.69, 9.17) is 9.72 Å². The highest BCUT2D eigenvalue weighted by Gasteiger charge is 2.17. The van der Waals surface area contributed by atoms with Gasteiger partial charge in [-0.3, -0.25) is 10.1 Å². The average molecular weight is 492 g/mol. The van der Waals surface area contributed by atoms with Gasteiger partial charge >= 0.3 is 0 Å². The second-order valence-corrected chi connectivity index (χ2v) is 10.2. The van der Waals surface area contributed by atoms with Gasteiger partial charge in [-0.15, -0.1) is 0 Å². The lowest BCUT2D eigenvalue weighted by Crippen LogP contribution is -2.19. The molecule has 7 rings (SSSR count). The van der Waals surface area contributed by atoms with Gasteiger partial charge in [-0.05, 0) is 84.0 Å². The summed E-state index contributed by atoms with van der Waals surface area (Å²) < 4.78 is 6.25. The summed E-state index contributed by atoms with van der Waals surface area (Å²) in [5, 5.41) is 13.2. The summed E-state index contributed by atoms with van der Waals surface area (Å²) in [7, 11) is 0. The maximum Gasteiger partial charge on any atom is 0.138 e. The van der Waals surface area contributed by atoms with Gasteiger partial charge in [0.1, 0.15) is 17.0 Å². The number of ether oxygens (including phenoxy) is 1. The number of fused-ring (bicyclic) bond motifs is 2. The maximum absolute atomic E-state index is 6.25. The predicted octanol–water partition coefficient (Wildman–Crippen LogP) is 7.61. The first kappa shape index (κ1) is 21.3. The van der Waals surface area contributed by atoms with E-state index in [2.05, 4.69) is 61.3 Å². The van der Waals surface area contributed by atoms with Crippen LogP contribution in [0.2, 0.25) is 0 Å². The van der Waals surface area contributed by atoms with E-state index in [1.165, 1.54) is 35.8 Å². The first-order chi connectivity index (χ1) is 17.8. The topological polar surface area (TPSA) is 79.5 Å². The number of nitrogens with zero attached hydrogens (tertiary/aromatic N) is 3. The normalized spacial score (nSPS) is 14.6. The Kier molecular flexibility index (Phi) is 5.28. The molecule has 1 aliphatic carbocycles. The van der Waals surface area contributed by atoms with Gasteiger partial charge in [-0.25, -0.2) is 4.98 Å². The molecule has 5 heterocycles. The second kappa shape index (κ2) is 8.91. The molecule has 0 unspecified atom stereocenters. The third-order valence-electron chi connectivity index (χ3n) is 7.02. The van der Waals surface area contributed by atoms with Gasteiger partial charge in [-0.2, -0.15) is 16.4 Å². The molecule has 0 aliphatic heterocycles. The Balaban J connectivity index is 1.26. The fourth-order valence-electron chi connectivity index (χ4n) is 5.20. The van der Waals surface area contributed by atoms with Crippen molar-refractivity contribution >= 4 is 33.3 Å². The van der Waals surface area contributed by atoms with E-state index in [-0.39, 0.29) is 6.10 Å². The van der Waals surface area contributed by atoms with Gasteiger partial charge in [0.25, 0.3) is 0 Å². The van der Waals surface area contributed by atoms with Crippen LogP contribution in [0.5, 0.6) is 5.75 Å². The molecule has 0 radical (unpaired) electrons. The molecule has 2 N–H and O–H groups in total. The highest BCUT2D eigenvalue weighted by molar-refractivity contribution is 7.08. The fourth-order valence-corrected chi connectivity index (χ4v) is 5.85. The molecule has 0 saturated heterocycles. The summed E-state index contributed by atoms with van der Waals surface area (Å²) in [5.41, 5.74) is 8.78. The third kappa shape index (κ3) is 3.85. The molecule has 0 bridgehead atoms. The zero-order valence-corrected chi connectivity index (χ0v) is 20.5. The number of hydrogen-bond acceptors (Lipinski definition) is 5. The molecule has 36 heavy (non-hydrogen) atoms. The molecule has 0 amide bonds. The number of nitrogens with one attached hydrogen (secondary N) is 2. The minimum atomic E-state index is 0.285.